The van der Waals surface area contributed by atoms with Gasteiger partial charge in [0.05, 0.1) is 10.7 Å². The number of nitrogens with zero attached hydrogens (tertiary/aromatic N) is 1. The number of aliphatic carboxylic acids is 1. The van der Waals surface area contributed by atoms with Crippen LogP contribution in [0.1, 0.15) is 18.4 Å². The highest BCUT2D eigenvalue weighted by atomic mass is 35.5. The molecule has 1 aliphatic rings. The lowest BCUT2D eigenvalue weighted by Crippen LogP contribution is -2.35. The van der Waals surface area contributed by atoms with Crippen molar-refractivity contribution in [2.75, 3.05) is 11.4 Å². The summed E-state index contributed by atoms with van der Waals surface area (Å²) < 4.78 is 0. The van der Waals surface area contributed by atoms with E-state index in [1.165, 1.54) is 4.90 Å². The first-order valence-corrected chi connectivity index (χ1v) is 5.77. The maximum Gasteiger partial charge on any atom is 0.323 e. The Hall–Kier alpha value is -1.55. The number of benzene rings is 1. The molecule has 0 saturated carbocycles. The topological polar surface area (TPSA) is 57.6 Å². The number of carboxylic acids is 1. The van der Waals surface area contributed by atoms with Crippen LogP contribution in [0.25, 0.3) is 0 Å². The molecule has 1 heterocycles. The van der Waals surface area contributed by atoms with Gasteiger partial charge in [-0.05, 0) is 24.5 Å². The Balaban J connectivity index is 2.49. The molecule has 0 unspecified atom stereocenters. The van der Waals surface area contributed by atoms with Gasteiger partial charge in [0.15, 0.2) is 0 Å². The SMILES string of the molecule is O=C(O)CN1C(=O)CCCc2cccc(Cl)c21. The standard InChI is InChI=1S/C12H12ClNO3/c13-9-5-1-3-8-4-2-6-10(15)14(12(8)9)7-11(16)17/h1,3,5H,2,4,6-7H2,(H,16,17). The Morgan fingerprint density at radius 1 is 1.41 bits per heavy atom. The minimum absolute atomic E-state index is 0.181. The third-order valence-electron chi connectivity index (χ3n) is 2.77. The summed E-state index contributed by atoms with van der Waals surface area (Å²) in [5.74, 6) is -1.22. The number of carbonyl (C=O) groups is 2. The number of halogens is 1. The van der Waals surface area contributed by atoms with Gasteiger partial charge in [-0.25, -0.2) is 0 Å². The van der Waals surface area contributed by atoms with E-state index in [0.29, 0.717) is 17.1 Å². The number of para-hydroxylation sites is 1. The fourth-order valence-electron chi connectivity index (χ4n) is 2.06. The van der Waals surface area contributed by atoms with Crippen molar-refractivity contribution in [2.45, 2.75) is 19.3 Å². The lowest BCUT2D eigenvalue weighted by Gasteiger charge is -2.22. The molecule has 17 heavy (non-hydrogen) atoms. The number of rotatable bonds is 2. The van der Waals surface area contributed by atoms with E-state index in [1.54, 1.807) is 6.07 Å². The number of amides is 1. The van der Waals surface area contributed by atoms with E-state index in [-0.39, 0.29) is 12.5 Å². The fraction of sp³-hybridized carbons (Fsp3) is 0.333. The molecule has 0 aromatic heterocycles. The third kappa shape index (κ3) is 2.42. The third-order valence-corrected chi connectivity index (χ3v) is 3.08. The monoisotopic (exact) mass is 253 g/mol. The van der Waals surface area contributed by atoms with Gasteiger partial charge in [0.25, 0.3) is 0 Å². The molecule has 2 rings (SSSR count). The molecule has 0 spiro atoms. The molecule has 1 aliphatic heterocycles. The van der Waals surface area contributed by atoms with Crippen LogP contribution in [0, 0.1) is 0 Å². The number of carboxylic acid groups (broad SMARTS) is 1. The lowest BCUT2D eigenvalue weighted by molar-refractivity contribution is -0.136. The van der Waals surface area contributed by atoms with Crippen LogP contribution in [0.3, 0.4) is 0 Å². The number of aryl methyl sites for hydroxylation is 1. The smallest absolute Gasteiger partial charge is 0.323 e. The predicted octanol–water partition coefficient (Wildman–Crippen LogP) is 2.09. The molecule has 5 heteroatoms. The van der Waals surface area contributed by atoms with Gasteiger partial charge in [-0.1, -0.05) is 23.7 Å². The molecule has 0 fully saturated rings. The molecule has 1 aromatic rings. The van der Waals surface area contributed by atoms with Crippen LogP contribution >= 0.6 is 11.6 Å². The van der Waals surface area contributed by atoms with Crippen molar-refractivity contribution in [3.05, 3.63) is 28.8 Å². The van der Waals surface area contributed by atoms with Crippen LogP contribution in [0.5, 0.6) is 0 Å². The van der Waals surface area contributed by atoms with Crippen LogP contribution < -0.4 is 4.90 Å². The summed E-state index contributed by atoms with van der Waals surface area (Å²) in [7, 11) is 0. The molecule has 90 valence electrons. The summed E-state index contributed by atoms with van der Waals surface area (Å²) in [6.07, 6.45) is 1.83. The van der Waals surface area contributed by atoms with Crippen molar-refractivity contribution in [1.29, 1.82) is 0 Å². The van der Waals surface area contributed by atoms with E-state index in [1.807, 2.05) is 12.1 Å². The zero-order chi connectivity index (χ0) is 12.4. The molecule has 4 nitrogen and oxygen atoms in total. The fourth-order valence-corrected chi connectivity index (χ4v) is 2.35. The zero-order valence-electron chi connectivity index (χ0n) is 9.15. The van der Waals surface area contributed by atoms with E-state index in [0.717, 1.165) is 18.4 Å². The van der Waals surface area contributed by atoms with Gasteiger partial charge >= 0.3 is 5.97 Å². The Kier molecular flexibility index (Phi) is 3.33. The first-order valence-electron chi connectivity index (χ1n) is 5.39. The van der Waals surface area contributed by atoms with E-state index in [4.69, 9.17) is 16.7 Å². The maximum absolute atomic E-state index is 11.9. The minimum Gasteiger partial charge on any atom is -0.480 e. The Bertz CT molecular complexity index is 473. The molecule has 0 saturated heterocycles. The number of fused-ring (bicyclic) bond motifs is 1. The Morgan fingerprint density at radius 3 is 2.88 bits per heavy atom. The van der Waals surface area contributed by atoms with Gasteiger partial charge in [0, 0.05) is 6.42 Å². The molecule has 1 amide bonds. The van der Waals surface area contributed by atoms with Gasteiger partial charge in [-0.2, -0.15) is 0 Å². The van der Waals surface area contributed by atoms with Crippen LogP contribution in [0.15, 0.2) is 18.2 Å². The minimum atomic E-state index is -1.04. The summed E-state index contributed by atoms with van der Waals surface area (Å²) in [5.41, 5.74) is 1.49. The highest BCUT2D eigenvalue weighted by Gasteiger charge is 2.25. The molecular weight excluding hydrogens is 242 g/mol. The number of carbonyl (C=O) groups excluding carboxylic acids is 1. The molecule has 1 aromatic carbocycles. The number of anilines is 1. The van der Waals surface area contributed by atoms with Crippen molar-refractivity contribution in [2.24, 2.45) is 0 Å². The first kappa shape index (κ1) is 11.9. The summed E-state index contributed by atoms with van der Waals surface area (Å²) in [5, 5.41) is 9.28. The highest BCUT2D eigenvalue weighted by molar-refractivity contribution is 6.34. The van der Waals surface area contributed by atoms with Crippen molar-refractivity contribution in [1.82, 2.24) is 0 Å². The second-order valence-corrected chi connectivity index (χ2v) is 4.38. The van der Waals surface area contributed by atoms with Crippen LogP contribution in [-0.2, 0) is 16.0 Å². The largest absolute Gasteiger partial charge is 0.480 e. The van der Waals surface area contributed by atoms with E-state index < -0.39 is 5.97 Å². The van der Waals surface area contributed by atoms with Crippen LogP contribution in [0.2, 0.25) is 5.02 Å². The normalized spacial score (nSPS) is 15.4. The van der Waals surface area contributed by atoms with Crippen molar-refractivity contribution < 1.29 is 14.7 Å². The average molecular weight is 254 g/mol. The highest BCUT2D eigenvalue weighted by Crippen LogP contribution is 2.33. The van der Waals surface area contributed by atoms with Crippen LogP contribution in [-0.4, -0.2) is 23.5 Å². The second-order valence-electron chi connectivity index (χ2n) is 3.97. The van der Waals surface area contributed by atoms with E-state index in [9.17, 15) is 9.59 Å². The summed E-state index contributed by atoms with van der Waals surface area (Å²) in [6, 6.07) is 5.37. The van der Waals surface area contributed by atoms with Gasteiger partial charge in [0.1, 0.15) is 6.54 Å². The number of hydrogen-bond donors (Lipinski definition) is 1. The van der Waals surface area contributed by atoms with Gasteiger partial charge in [-0.3, -0.25) is 14.5 Å². The Labute approximate surface area is 104 Å². The van der Waals surface area contributed by atoms with E-state index >= 15 is 0 Å². The van der Waals surface area contributed by atoms with Gasteiger partial charge < -0.3 is 5.11 Å². The van der Waals surface area contributed by atoms with Gasteiger partial charge in [-0.15, -0.1) is 0 Å². The zero-order valence-corrected chi connectivity index (χ0v) is 9.91. The van der Waals surface area contributed by atoms with Crippen molar-refractivity contribution in [3.63, 3.8) is 0 Å². The predicted molar refractivity (Wildman–Crippen MR) is 64.4 cm³/mol. The lowest BCUT2D eigenvalue weighted by atomic mass is 10.1. The Morgan fingerprint density at radius 2 is 2.18 bits per heavy atom. The van der Waals surface area contributed by atoms with Crippen molar-refractivity contribution in [3.8, 4) is 0 Å². The quantitative estimate of drug-likeness (QED) is 0.878. The maximum atomic E-state index is 11.9. The summed E-state index contributed by atoms with van der Waals surface area (Å²) in [4.78, 5) is 23.9. The van der Waals surface area contributed by atoms with Gasteiger partial charge in [0.2, 0.25) is 5.91 Å². The summed E-state index contributed by atoms with van der Waals surface area (Å²) in [6.45, 7) is -0.338. The first-order chi connectivity index (χ1) is 8.09. The molecule has 1 N–H and O–H groups in total. The molecule has 0 aliphatic carbocycles. The van der Waals surface area contributed by atoms with Crippen LogP contribution in [0.4, 0.5) is 5.69 Å². The molecule has 0 bridgehead atoms. The van der Waals surface area contributed by atoms with Crippen molar-refractivity contribution >= 4 is 29.2 Å². The molecule has 0 radical (unpaired) electrons. The van der Waals surface area contributed by atoms with E-state index in [2.05, 4.69) is 0 Å². The average Bonchev–Trinajstić information content (AvgIpc) is 2.40. The molecule has 0 atom stereocenters. The second kappa shape index (κ2) is 4.75. The molecular formula is C12H12ClNO3. The summed E-state index contributed by atoms with van der Waals surface area (Å²) >= 11 is 6.07. The number of hydrogen-bond acceptors (Lipinski definition) is 2.